The molecule has 0 atom stereocenters. The fourth-order valence-electron chi connectivity index (χ4n) is 1.54. The van der Waals surface area contributed by atoms with Gasteiger partial charge < -0.3 is 11.2 Å². The van der Waals surface area contributed by atoms with Crippen LogP contribution in [0.5, 0.6) is 0 Å². The molecule has 1 aliphatic rings. The maximum Gasteiger partial charge on any atom is 0.124 e. The van der Waals surface area contributed by atoms with E-state index in [0.29, 0.717) is 0 Å². The van der Waals surface area contributed by atoms with Crippen LogP contribution in [-0.4, -0.2) is 21.9 Å². The summed E-state index contributed by atoms with van der Waals surface area (Å²) in [5, 5.41) is 5.31. The first-order chi connectivity index (χ1) is 9.29. The number of nitrogens with one attached hydrogen (secondary N) is 1. The Labute approximate surface area is 127 Å². The minimum absolute atomic E-state index is 0.111. The summed E-state index contributed by atoms with van der Waals surface area (Å²) < 4.78 is 4.61. The molecule has 0 spiro atoms. The van der Waals surface area contributed by atoms with Crippen molar-refractivity contribution in [2.75, 3.05) is 18.5 Å². The first-order valence-corrected chi connectivity index (χ1v) is 9.31. The number of thioether (sulfide) groups is 1. The van der Waals surface area contributed by atoms with Crippen molar-refractivity contribution >= 4 is 47.2 Å². The molecule has 3 N–H and O–H groups in total. The zero-order valence-corrected chi connectivity index (χ0v) is 13.6. The van der Waals surface area contributed by atoms with Gasteiger partial charge in [0.1, 0.15) is 5.04 Å². The molecule has 0 amide bonds. The Balaban J connectivity index is 2.09. The number of benzene rings is 1. The molecule has 0 saturated heterocycles. The summed E-state index contributed by atoms with van der Waals surface area (Å²) in [5.74, 6) is 0.944. The predicted octanol–water partition coefficient (Wildman–Crippen LogP) is 3.11. The van der Waals surface area contributed by atoms with Crippen LogP contribution in [0.2, 0.25) is 0 Å². The minimum atomic E-state index is 0.111. The van der Waals surface area contributed by atoms with Gasteiger partial charge in [-0.05, 0) is 25.8 Å². The fourth-order valence-corrected chi connectivity index (χ4v) is 4.32. The van der Waals surface area contributed by atoms with Crippen molar-refractivity contribution in [1.82, 2.24) is 5.43 Å². The van der Waals surface area contributed by atoms with Gasteiger partial charge in [0.05, 0.1) is 0 Å². The van der Waals surface area contributed by atoms with Crippen molar-refractivity contribution in [3.05, 3.63) is 51.6 Å². The molecule has 0 unspecified atom stereocenters. The summed E-state index contributed by atoms with van der Waals surface area (Å²) in [7, 11) is 1.81. The summed E-state index contributed by atoms with van der Waals surface area (Å²) in [6, 6.07) is 7.83. The second kappa shape index (κ2) is 7.49. The smallest absolute Gasteiger partial charge is 0.124 e. The lowest BCUT2D eigenvalue weighted by Crippen LogP contribution is -2.05. The van der Waals surface area contributed by atoms with Crippen molar-refractivity contribution in [2.24, 2.45) is 5.10 Å². The van der Waals surface area contributed by atoms with E-state index >= 15 is 0 Å². The standard InChI is InChI=1S/C14H16IN3S/c1-17-18-14(12-5-2-6-13(16)8-12)19-10-11-4-3-7-15-9-11/h2-9,17H,10,16H2,1H3/b18-14-. The molecule has 0 radical (unpaired) electrons. The Morgan fingerprint density at radius 2 is 2.37 bits per heavy atom. The van der Waals surface area contributed by atoms with Crippen molar-refractivity contribution in [3.8, 4) is 0 Å². The van der Waals surface area contributed by atoms with Crippen LogP contribution in [0.1, 0.15) is 5.56 Å². The Bertz CT molecular complexity index is 562. The van der Waals surface area contributed by atoms with Crippen LogP contribution in [0.4, 0.5) is 5.69 Å². The van der Waals surface area contributed by atoms with Crippen LogP contribution >= 0.6 is 32.5 Å². The number of allylic oxidation sites excluding steroid dienone is 2. The lowest BCUT2D eigenvalue weighted by atomic mass is 10.2. The van der Waals surface area contributed by atoms with E-state index in [-0.39, 0.29) is 20.7 Å². The topological polar surface area (TPSA) is 50.4 Å². The number of hydrazone groups is 1. The van der Waals surface area contributed by atoms with Gasteiger partial charge in [-0.1, -0.05) is 56.8 Å². The first kappa shape index (κ1) is 14.3. The third kappa shape index (κ3) is 4.50. The Hall–Kier alpha value is -1.08. The third-order valence-electron chi connectivity index (χ3n) is 2.38. The van der Waals surface area contributed by atoms with Gasteiger partial charge >= 0.3 is 0 Å². The maximum absolute atomic E-state index is 5.82. The first-order valence-electron chi connectivity index (χ1n) is 5.83. The zero-order chi connectivity index (χ0) is 13.5. The highest BCUT2D eigenvalue weighted by Gasteiger charge is 2.06. The van der Waals surface area contributed by atoms with E-state index in [1.54, 1.807) is 11.8 Å². The molecule has 0 bridgehead atoms. The normalized spacial score (nSPS) is 14.8. The van der Waals surface area contributed by atoms with Crippen molar-refractivity contribution < 1.29 is 0 Å². The molecule has 0 aromatic heterocycles. The Kier molecular flexibility index (Phi) is 5.65. The molecule has 5 heteroatoms. The number of rotatable bonds is 4. The van der Waals surface area contributed by atoms with Crippen LogP contribution in [0.15, 0.2) is 51.2 Å². The third-order valence-corrected chi connectivity index (χ3v) is 5.45. The monoisotopic (exact) mass is 385 g/mol. The molecule has 2 rings (SSSR count). The van der Waals surface area contributed by atoms with Crippen LogP contribution in [0.3, 0.4) is 0 Å². The predicted molar refractivity (Wildman–Crippen MR) is 96.2 cm³/mol. The van der Waals surface area contributed by atoms with Gasteiger partial charge in [0, 0.05) is 24.1 Å². The second-order valence-corrected chi connectivity index (χ2v) is 6.88. The molecule has 1 aromatic rings. The number of halogens is 1. The van der Waals surface area contributed by atoms with E-state index in [0.717, 1.165) is 22.0 Å². The Morgan fingerprint density at radius 3 is 3.05 bits per heavy atom. The van der Waals surface area contributed by atoms with Gasteiger partial charge in [-0.25, -0.2) is 0 Å². The molecule has 1 heterocycles. The fraction of sp³-hybridized carbons (Fsp3) is 0.143. The van der Waals surface area contributed by atoms with Gasteiger partial charge in [-0.3, -0.25) is 0 Å². The summed E-state index contributed by atoms with van der Waals surface area (Å²) in [5.41, 5.74) is 11.9. The molecule has 3 nitrogen and oxygen atoms in total. The van der Waals surface area contributed by atoms with Crippen molar-refractivity contribution in [1.29, 1.82) is 0 Å². The van der Waals surface area contributed by atoms with Crippen molar-refractivity contribution in [2.45, 2.75) is 0 Å². The highest BCUT2D eigenvalue weighted by atomic mass is 127. The number of hydrogen-bond donors (Lipinski definition) is 2. The van der Waals surface area contributed by atoms with E-state index in [9.17, 15) is 0 Å². The molecule has 19 heavy (non-hydrogen) atoms. The molecule has 0 saturated carbocycles. The van der Waals surface area contributed by atoms with Crippen LogP contribution in [0, 0.1) is 0 Å². The maximum atomic E-state index is 5.82. The van der Waals surface area contributed by atoms with Gasteiger partial charge in [-0.2, -0.15) is 5.10 Å². The molecule has 100 valence electrons. The highest BCUT2D eigenvalue weighted by Crippen LogP contribution is 2.21. The zero-order valence-electron chi connectivity index (χ0n) is 10.6. The highest BCUT2D eigenvalue weighted by molar-refractivity contribution is 14.2. The second-order valence-electron chi connectivity index (χ2n) is 3.85. The lowest BCUT2D eigenvalue weighted by Gasteiger charge is -2.08. The molecule has 1 aromatic carbocycles. The van der Waals surface area contributed by atoms with Gasteiger partial charge in [0.15, 0.2) is 0 Å². The van der Waals surface area contributed by atoms with Crippen LogP contribution in [0.25, 0.3) is 0 Å². The van der Waals surface area contributed by atoms with Crippen molar-refractivity contribution in [3.63, 3.8) is 0 Å². The summed E-state index contributed by atoms with van der Waals surface area (Å²) >= 11 is 1.84. The average molecular weight is 385 g/mol. The van der Waals surface area contributed by atoms with E-state index < -0.39 is 0 Å². The SMILES string of the molecule is CN/N=C(\SCC1=CI=CC=C1)c1cccc(N)c1. The van der Waals surface area contributed by atoms with E-state index in [4.69, 9.17) is 5.73 Å². The molecule has 1 aliphatic heterocycles. The summed E-state index contributed by atoms with van der Waals surface area (Å²) in [4.78, 5) is 0. The van der Waals surface area contributed by atoms with Gasteiger partial charge in [-0.15, -0.1) is 0 Å². The largest absolute Gasteiger partial charge is 0.399 e. The van der Waals surface area contributed by atoms with Crippen LogP contribution < -0.4 is 11.2 Å². The average Bonchev–Trinajstić information content (AvgIpc) is 2.44. The van der Waals surface area contributed by atoms with Crippen LogP contribution in [-0.2, 0) is 0 Å². The molecular formula is C14H16IN3S. The van der Waals surface area contributed by atoms with Gasteiger partial charge in [0.25, 0.3) is 0 Å². The summed E-state index contributed by atoms with van der Waals surface area (Å²) in [6.07, 6.45) is 4.32. The molecular weight excluding hydrogens is 369 g/mol. The van der Waals surface area contributed by atoms with E-state index in [1.807, 2.05) is 31.3 Å². The number of nitrogens with two attached hydrogens (primary N) is 1. The number of hydrogen-bond acceptors (Lipinski definition) is 4. The number of anilines is 1. The quantitative estimate of drug-likeness (QED) is 0.275. The molecule has 0 aliphatic carbocycles. The number of nitrogens with zero attached hydrogens (tertiary/aromatic N) is 1. The van der Waals surface area contributed by atoms with Gasteiger partial charge in [0.2, 0.25) is 0 Å². The Morgan fingerprint density at radius 1 is 1.47 bits per heavy atom. The van der Waals surface area contributed by atoms with E-state index in [2.05, 4.69) is 30.8 Å². The molecule has 0 fully saturated rings. The minimum Gasteiger partial charge on any atom is -0.399 e. The lowest BCUT2D eigenvalue weighted by molar-refractivity contribution is 0.906. The number of nitrogen functional groups attached to an aromatic ring is 1. The van der Waals surface area contributed by atoms with E-state index in [1.165, 1.54) is 5.57 Å². The summed E-state index contributed by atoms with van der Waals surface area (Å²) in [6.45, 7) is 0.